The van der Waals surface area contributed by atoms with E-state index in [-0.39, 0.29) is 6.17 Å². The molecule has 2 aliphatic heterocycles. The quantitative estimate of drug-likeness (QED) is 0.755. The average molecular weight is 238 g/mol. The Hall–Kier alpha value is -1.36. The molecule has 0 aliphatic carbocycles. The minimum atomic E-state index is -1.05. The highest BCUT2D eigenvalue weighted by Gasteiger charge is 2.62. The van der Waals surface area contributed by atoms with Gasteiger partial charge in [-0.2, -0.15) is 0 Å². The summed E-state index contributed by atoms with van der Waals surface area (Å²) in [7, 11) is 3.91. The Kier molecular flexibility index (Phi) is 2.54. The lowest BCUT2D eigenvalue weighted by molar-refractivity contribution is -0.170. The van der Waals surface area contributed by atoms with Gasteiger partial charge in [0.05, 0.1) is 0 Å². The van der Waals surface area contributed by atoms with Crippen LogP contribution < -0.4 is 0 Å². The van der Waals surface area contributed by atoms with Gasteiger partial charge < -0.3 is 24.7 Å². The first-order valence-electron chi connectivity index (χ1n) is 6.02. The van der Waals surface area contributed by atoms with Gasteiger partial charge in [0.25, 0.3) is 5.85 Å². The minimum Gasteiger partial charge on any atom is -0.351 e. The fraction of sp³-hybridized carbons (Fsp3) is 0.667. The average Bonchev–Trinajstić information content (AvgIpc) is 2.58. The molecule has 0 aromatic rings. The summed E-state index contributed by atoms with van der Waals surface area (Å²) in [5.74, 6) is 0.636. The highest BCUT2D eigenvalue weighted by atomic mass is 16.4. The number of hydrogen-bond acceptors (Lipinski definition) is 5. The van der Waals surface area contributed by atoms with Gasteiger partial charge in [-0.15, -0.1) is 0 Å². The highest BCUT2D eigenvalue weighted by molar-refractivity contribution is 5.21. The van der Waals surface area contributed by atoms with Gasteiger partial charge in [-0.3, -0.25) is 0 Å². The highest BCUT2D eigenvalue weighted by Crippen LogP contribution is 2.45. The molecule has 0 radical (unpaired) electrons. The van der Waals surface area contributed by atoms with Gasteiger partial charge in [-0.1, -0.05) is 13.2 Å². The van der Waals surface area contributed by atoms with E-state index >= 15 is 0 Å². The number of likely N-dealkylation sites (N-methyl/N-ethyl adjacent to an activating group) is 4. The molecule has 0 atom stereocenters. The number of aliphatic hydroxyl groups is 1. The van der Waals surface area contributed by atoms with Crippen LogP contribution in [0.3, 0.4) is 0 Å². The second kappa shape index (κ2) is 3.57. The van der Waals surface area contributed by atoms with Gasteiger partial charge >= 0.3 is 0 Å². The van der Waals surface area contributed by atoms with E-state index in [0.29, 0.717) is 13.1 Å². The Bertz CT molecular complexity index is 338. The third-order valence-corrected chi connectivity index (χ3v) is 3.94. The fourth-order valence-corrected chi connectivity index (χ4v) is 3.08. The molecule has 0 aromatic carbocycles. The van der Waals surface area contributed by atoms with Crippen LogP contribution in [0.1, 0.15) is 13.8 Å². The van der Waals surface area contributed by atoms with Gasteiger partial charge in [0.2, 0.25) is 0 Å². The molecule has 2 heterocycles. The molecule has 2 fully saturated rings. The standard InChI is InChI=1S/C12H22N4O/c1-7-15-9(3)13(5)11-12(15,17)16(8-2)10(4)14(11)6/h11,17H,3-4,7-8H2,1-2,5-6H3. The minimum absolute atomic E-state index is 0.151. The van der Waals surface area contributed by atoms with E-state index in [1.54, 1.807) is 0 Å². The van der Waals surface area contributed by atoms with Crippen LogP contribution in [0.2, 0.25) is 0 Å². The summed E-state index contributed by atoms with van der Waals surface area (Å²) < 4.78 is 0. The summed E-state index contributed by atoms with van der Waals surface area (Å²) in [6, 6.07) is 0. The van der Waals surface area contributed by atoms with Crippen molar-refractivity contribution in [1.29, 1.82) is 0 Å². The normalized spacial score (nSPS) is 32.9. The zero-order chi connectivity index (χ0) is 13.0. The molecule has 2 saturated heterocycles. The van der Waals surface area contributed by atoms with Crippen LogP contribution in [0.15, 0.2) is 24.8 Å². The zero-order valence-corrected chi connectivity index (χ0v) is 11.1. The second-order valence-corrected chi connectivity index (χ2v) is 4.60. The molecule has 0 amide bonds. The zero-order valence-electron chi connectivity index (χ0n) is 11.1. The van der Waals surface area contributed by atoms with Crippen LogP contribution in [0.5, 0.6) is 0 Å². The molecule has 0 spiro atoms. The van der Waals surface area contributed by atoms with Crippen molar-refractivity contribution in [3.63, 3.8) is 0 Å². The van der Waals surface area contributed by atoms with Crippen molar-refractivity contribution >= 4 is 0 Å². The summed E-state index contributed by atoms with van der Waals surface area (Å²) >= 11 is 0. The summed E-state index contributed by atoms with van der Waals surface area (Å²) in [4.78, 5) is 7.86. The third kappa shape index (κ3) is 1.17. The lowest BCUT2D eigenvalue weighted by atomic mass is 10.3. The fourth-order valence-electron chi connectivity index (χ4n) is 3.08. The predicted octanol–water partition coefficient (Wildman–Crippen LogP) is 0.436. The lowest BCUT2D eigenvalue weighted by Crippen LogP contribution is -2.58. The maximum atomic E-state index is 11.1. The first kappa shape index (κ1) is 12.1. The van der Waals surface area contributed by atoms with Crippen molar-refractivity contribution in [2.45, 2.75) is 25.9 Å². The Balaban J connectivity index is 2.52. The molecule has 2 rings (SSSR count). The summed E-state index contributed by atoms with van der Waals surface area (Å²) in [6.45, 7) is 13.6. The number of nitrogens with zero attached hydrogens (tertiary/aromatic N) is 4. The van der Waals surface area contributed by atoms with Crippen molar-refractivity contribution < 1.29 is 5.11 Å². The number of hydrogen-bond donors (Lipinski definition) is 1. The molecule has 96 valence electrons. The van der Waals surface area contributed by atoms with Crippen LogP contribution >= 0.6 is 0 Å². The van der Waals surface area contributed by atoms with E-state index < -0.39 is 5.85 Å². The molecule has 5 heteroatoms. The van der Waals surface area contributed by atoms with Crippen molar-refractivity contribution in [1.82, 2.24) is 19.6 Å². The van der Waals surface area contributed by atoms with Crippen LogP contribution in [-0.2, 0) is 0 Å². The van der Waals surface area contributed by atoms with Gasteiger partial charge in [-0.05, 0) is 13.8 Å². The summed E-state index contributed by atoms with van der Waals surface area (Å²) in [5, 5.41) is 11.1. The van der Waals surface area contributed by atoms with Crippen LogP contribution in [0.4, 0.5) is 0 Å². The van der Waals surface area contributed by atoms with Gasteiger partial charge in [-0.25, -0.2) is 0 Å². The Morgan fingerprint density at radius 3 is 1.71 bits per heavy atom. The molecular weight excluding hydrogens is 216 g/mol. The Morgan fingerprint density at radius 1 is 1.06 bits per heavy atom. The van der Waals surface area contributed by atoms with Crippen LogP contribution in [0.25, 0.3) is 0 Å². The van der Waals surface area contributed by atoms with Crippen molar-refractivity contribution in [3.8, 4) is 0 Å². The van der Waals surface area contributed by atoms with Gasteiger partial charge in [0.15, 0.2) is 6.17 Å². The van der Waals surface area contributed by atoms with Gasteiger partial charge in [0.1, 0.15) is 11.6 Å². The predicted molar refractivity (Wildman–Crippen MR) is 67.3 cm³/mol. The lowest BCUT2D eigenvalue weighted by Gasteiger charge is -2.39. The molecule has 5 nitrogen and oxygen atoms in total. The largest absolute Gasteiger partial charge is 0.351 e. The summed E-state index contributed by atoms with van der Waals surface area (Å²) in [5.41, 5.74) is 0. The van der Waals surface area contributed by atoms with E-state index in [4.69, 9.17) is 0 Å². The van der Waals surface area contributed by atoms with E-state index in [2.05, 4.69) is 13.2 Å². The molecule has 17 heavy (non-hydrogen) atoms. The molecule has 0 unspecified atom stereocenters. The molecular formula is C12H22N4O. The number of fused-ring (bicyclic) bond motifs is 1. The maximum absolute atomic E-state index is 11.1. The molecule has 1 N–H and O–H groups in total. The van der Waals surface area contributed by atoms with E-state index in [1.165, 1.54) is 0 Å². The van der Waals surface area contributed by atoms with E-state index in [0.717, 1.165) is 11.6 Å². The Labute approximate surface area is 103 Å². The van der Waals surface area contributed by atoms with Crippen molar-refractivity contribution in [2.75, 3.05) is 27.2 Å². The Morgan fingerprint density at radius 2 is 1.41 bits per heavy atom. The first-order chi connectivity index (χ1) is 7.91. The van der Waals surface area contributed by atoms with Gasteiger partial charge in [0, 0.05) is 27.2 Å². The molecule has 0 aromatic heterocycles. The van der Waals surface area contributed by atoms with Crippen molar-refractivity contribution in [3.05, 3.63) is 24.8 Å². The monoisotopic (exact) mass is 238 g/mol. The smallest absolute Gasteiger partial charge is 0.262 e. The second-order valence-electron chi connectivity index (χ2n) is 4.60. The van der Waals surface area contributed by atoms with Crippen LogP contribution in [0, 0.1) is 0 Å². The third-order valence-electron chi connectivity index (χ3n) is 3.94. The SMILES string of the molecule is C=C1N(C)C2N(C)C(=C)N(CC)C2(O)N1CC. The molecule has 0 saturated carbocycles. The molecule has 2 aliphatic rings. The maximum Gasteiger partial charge on any atom is 0.262 e. The number of rotatable bonds is 2. The topological polar surface area (TPSA) is 33.2 Å². The first-order valence-corrected chi connectivity index (χ1v) is 6.02. The van der Waals surface area contributed by atoms with E-state index in [9.17, 15) is 5.11 Å². The molecule has 0 bridgehead atoms. The van der Waals surface area contributed by atoms with Crippen molar-refractivity contribution in [2.24, 2.45) is 0 Å². The van der Waals surface area contributed by atoms with E-state index in [1.807, 2.05) is 47.5 Å². The summed E-state index contributed by atoms with van der Waals surface area (Å²) in [6.07, 6.45) is -0.151. The van der Waals surface area contributed by atoms with Crippen LogP contribution in [-0.4, -0.2) is 63.9 Å².